The third-order valence-electron chi connectivity index (χ3n) is 3.41. The summed E-state index contributed by atoms with van der Waals surface area (Å²) in [6.45, 7) is 4.40. The SMILES string of the molecule is C/C=C\C[C@@H]1CCC(Cl)CC1CCC. The molecule has 82 valence electrons. The minimum absolute atomic E-state index is 0.452. The lowest BCUT2D eigenvalue weighted by atomic mass is 9.75. The molecule has 1 aliphatic rings. The second-order valence-corrected chi connectivity index (χ2v) is 5.14. The van der Waals surface area contributed by atoms with E-state index in [4.69, 9.17) is 11.6 Å². The molecule has 1 heteroatoms. The van der Waals surface area contributed by atoms with E-state index in [-0.39, 0.29) is 0 Å². The molecule has 0 aliphatic heterocycles. The number of hydrogen-bond donors (Lipinski definition) is 0. The highest BCUT2D eigenvalue weighted by atomic mass is 35.5. The van der Waals surface area contributed by atoms with E-state index in [1.807, 2.05) is 0 Å². The standard InChI is InChI=1S/C13H23Cl/c1-3-5-7-11-8-9-13(14)10-12(11)6-4-2/h3,5,11-13H,4,6-10H2,1-2H3/b5-3-/t11-,12?,13?/m1/s1. The van der Waals surface area contributed by atoms with E-state index in [2.05, 4.69) is 26.0 Å². The summed E-state index contributed by atoms with van der Waals surface area (Å²) < 4.78 is 0. The molecule has 0 radical (unpaired) electrons. The van der Waals surface area contributed by atoms with Crippen LogP contribution in [0, 0.1) is 11.8 Å². The van der Waals surface area contributed by atoms with Crippen molar-refractivity contribution in [1.82, 2.24) is 0 Å². The monoisotopic (exact) mass is 214 g/mol. The zero-order valence-corrected chi connectivity index (χ0v) is 10.3. The van der Waals surface area contributed by atoms with Crippen LogP contribution in [0.4, 0.5) is 0 Å². The Hall–Kier alpha value is 0.0300. The first-order chi connectivity index (χ1) is 6.77. The molecular weight excluding hydrogens is 192 g/mol. The summed E-state index contributed by atoms with van der Waals surface area (Å²) in [5.74, 6) is 1.79. The van der Waals surface area contributed by atoms with Crippen molar-refractivity contribution in [2.24, 2.45) is 11.8 Å². The summed E-state index contributed by atoms with van der Waals surface area (Å²) in [5, 5.41) is 0.452. The Kier molecular flexibility index (Phi) is 5.62. The van der Waals surface area contributed by atoms with Gasteiger partial charge in [0.05, 0.1) is 0 Å². The van der Waals surface area contributed by atoms with E-state index in [1.54, 1.807) is 0 Å². The Morgan fingerprint density at radius 2 is 2.07 bits per heavy atom. The maximum Gasteiger partial charge on any atom is 0.0338 e. The highest BCUT2D eigenvalue weighted by Gasteiger charge is 2.27. The lowest BCUT2D eigenvalue weighted by Crippen LogP contribution is -2.24. The van der Waals surface area contributed by atoms with Gasteiger partial charge in [0.25, 0.3) is 0 Å². The van der Waals surface area contributed by atoms with Gasteiger partial charge in [-0.15, -0.1) is 11.6 Å². The lowest BCUT2D eigenvalue weighted by molar-refractivity contribution is 0.227. The smallest absolute Gasteiger partial charge is 0.0338 e. The average molecular weight is 215 g/mol. The third kappa shape index (κ3) is 3.65. The molecule has 1 rings (SSSR count). The molecular formula is C13H23Cl. The van der Waals surface area contributed by atoms with Gasteiger partial charge in [-0.25, -0.2) is 0 Å². The molecule has 2 unspecified atom stereocenters. The molecule has 3 atom stereocenters. The molecule has 0 bridgehead atoms. The van der Waals surface area contributed by atoms with Crippen LogP contribution in [0.3, 0.4) is 0 Å². The first-order valence-corrected chi connectivity index (χ1v) is 6.46. The first kappa shape index (κ1) is 12.1. The Bertz CT molecular complexity index is 174. The van der Waals surface area contributed by atoms with Crippen molar-refractivity contribution in [3.05, 3.63) is 12.2 Å². The highest BCUT2D eigenvalue weighted by molar-refractivity contribution is 6.20. The van der Waals surface area contributed by atoms with E-state index in [0.717, 1.165) is 11.8 Å². The first-order valence-electron chi connectivity index (χ1n) is 6.03. The lowest BCUT2D eigenvalue weighted by Gasteiger charge is -2.33. The van der Waals surface area contributed by atoms with Crippen LogP contribution < -0.4 is 0 Å². The van der Waals surface area contributed by atoms with Crippen LogP contribution in [0.15, 0.2) is 12.2 Å². The molecule has 0 aromatic rings. The number of allylic oxidation sites excluding steroid dienone is 2. The third-order valence-corrected chi connectivity index (χ3v) is 3.81. The Morgan fingerprint density at radius 3 is 2.71 bits per heavy atom. The van der Waals surface area contributed by atoms with Crippen LogP contribution in [-0.2, 0) is 0 Å². The molecule has 0 N–H and O–H groups in total. The summed E-state index contributed by atoms with van der Waals surface area (Å²) in [7, 11) is 0. The Labute approximate surface area is 93.7 Å². The van der Waals surface area contributed by atoms with E-state index in [0.29, 0.717) is 5.38 Å². The van der Waals surface area contributed by atoms with E-state index >= 15 is 0 Å². The molecule has 14 heavy (non-hydrogen) atoms. The predicted molar refractivity (Wildman–Crippen MR) is 64.8 cm³/mol. The van der Waals surface area contributed by atoms with Gasteiger partial charge in [0.2, 0.25) is 0 Å². The summed E-state index contributed by atoms with van der Waals surface area (Å²) in [5.41, 5.74) is 0. The molecule has 0 heterocycles. The maximum absolute atomic E-state index is 6.23. The molecule has 1 saturated carbocycles. The van der Waals surface area contributed by atoms with Gasteiger partial charge in [0, 0.05) is 5.38 Å². The normalized spacial score (nSPS) is 33.8. The van der Waals surface area contributed by atoms with Gasteiger partial charge in [-0.2, -0.15) is 0 Å². The number of rotatable bonds is 4. The van der Waals surface area contributed by atoms with Gasteiger partial charge in [0.1, 0.15) is 0 Å². The maximum atomic E-state index is 6.23. The largest absolute Gasteiger partial charge is 0.123 e. The van der Waals surface area contributed by atoms with Crippen molar-refractivity contribution in [3.63, 3.8) is 0 Å². The highest BCUT2D eigenvalue weighted by Crippen LogP contribution is 2.37. The fourth-order valence-electron chi connectivity index (χ4n) is 2.61. The molecule has 0 nitrogen and oxygen atoms in total. The van der Waals surface area contributed by atoms with Crippen LogP contribution in [0.5, 0.6) is 0 Å². The van der Waals surface area contributed by atoms with Crippen molar-refractivity contribution in [2.45, 2.75) is 57.7 Å². The summed E-state index contributed by atoms with van der Waals surface area (Å²) in [6.07, 6.45) is 12.2. The molecule has 1 aliphatic carbocycles. The molecule has 1 fully saturated rings. The number of halogens is 1. The van der Waals surface area contributed by atoms with E-state index in [1.165, 1.54) is 38.5 Å². The Morgan fingerprint density at radius 1 is 1.29 bits per heavy atom. The van der Waals surface area contributed by atoms with Crippen molar-refractivity contribution in [1.29, 1.82) is 0 Å². The number of hydrogen-bond acceptors (Lipinski definition) is 0. The number of alkyl halides is 1. The average Bonchev–Trinajstić information content (AvgIpc) is 2.17. The molecule has 0 spiro atoms. The van der Waals surface area contributed by atoms with E-state index in [9.17, 15) is 0 Å². The fraction of sp³-hybridized carbons (Fsp3) is 0.846. The quantitative estimate of drug-likeness (QED) is 0.467. The molecule has 0 aromatic carbocycles. The summed E-state index contributed by atoms with van der Waals surface area (Å²) in [6, 6.07) is 0. The second kappa shape index (κ2) is 6.50. The molecule has 0 saturated heterocycles. The van der Waals surface area contributed by atoms with Gasteiger partial charge in [-0.1, -0.05) is 31.9 Å². The Balaban J connectivity index is 2.44. The predicted octanol–water partition coefficient (Wildman–Crippen LogP) is 4.78. The van der Waals surface area contributed by atoms with Gasteiger partial charge in [-0.3, -0.25) is 0 Å². The van der Waals surface area contributed by atoms with Crippen molar-refractivity contribution < 1.29 is 0 Å². The van der Waals surface area contributed by atoms with Gasteiger partial charge >= 0.3 is 0 Å². The van der Waals surface area contributed by atoms with Crippen LogP contribution in [0.1, 0.15) is 52.4 Å². The van der Waals surface area contributed by atoms with Gasteiger partial charge in [-0.05, 0) is 44.4 Å². The molecule has 0 aromatic heterocycles. The van der Waals surface area contributed by atoms with Crippen molar-refractivity contribution >= 4 is 11.6 Å². The van der Waals surface area contributed by atoms with Gasteiger partial charge < -0.3 is 0 Å². The zero-order valence-electron chi connectivity index (χ0n) is 9.51. The fourth-order valence-corrected chi connectivity index (χ4v) is 2.97. The van der Waals surface area contributed by atoms with Gasteiger partial charge in [0.15, 0.2) is 0 Å². The van der Waals surface area contributed by atoms with Crippen LogP contribution in [0.25, 0.3) is 0 Å². The van der Waals surface area contributed by atoms with Crippen LogP contribution in [-0.4, -0.2) is 5.38 Å². The minimum Gasteiger partial charge on any atom is -0.123 e. The summed E-state index contributed by atoms with van der Waals surface area (Å²) in [4.78, 5) is 0. The van der Waals surface area contributed by atoms with Crippen LogP contribution >= 0.6 is 11.6 Å². The van der Waals surface area contributed by atoms with Crippen molar-refractivity contribution in [3.8, 4) is 0 Å². The second-order valence-electron chi connectivity index (χ2n) is 4.52. The zero-order chi connectivity index (χ0) is 10.4. The van der Waals surface area contributed by atoms with E-state index < -0.39 is 0 Å². The summed E-state index contributed by atoms with van der Waals surface area (Å²) >= 11 is 6.23. The van der Waals surface area contributed by atoms with Crippen LogP contribution in [0.2, 0.25) is 0 Å². The van der Waals surface area contributed by atoms with Crippen molar-refractivity contribution in [2.75, 3.05) is 0 Å². The molecule has 0 amide bonds. The topological polar surface area (TPSA) is 0 Å². The minimum atomic E-state index is 0.452.